The number of amides is 2. The van der Waals surface area contributed by atoms with Crippen molar-refractivity contribution in [1.82, 2.24) is 4.90 Å². The number of aromatic amines is 1. The van der Waals surface area contributed by atoms with Gasteiger partial charge in [0.25, 0.3) is 0 Å². The Balaban J connectivity index is 1.32. The van der Waals surface area contributed by atoms with E-state index < -0.39 is 0 Å². The summed E-state index contributed by atoms with van der Waals surface area (Å²) < 4.78 is 0. The minimum atomic E-state index is 0.0807. The van der Waals surface area contributed by atoms with Crippen LogP contribution in [0.15, 0.2) is 53.7 Å². The van der Waals surface area contributed by atoms with Crippen LogP contribution in [0.4, 0.5) is 11.4 Å². The largest absolute Gasteiger partial charge is 0.368 e. The molecule has 1 aromatic carbocycles. The molecule has 27 heavy (non-hydrogen) atoms. The van der Waals surface area contributed by atoms with Crippen LogP contribution in [-0.4, -0.2) is 55.2 Å². The van der Waals surface area contributed by atoms with Gasteiger partial charge in [-0.15, -0.1) is 11.8 Å². The van der Waals surface area contributed by atoms with Gasteiger partial charge >= 0.3 is 0 Å². The molecular formula is C20H23N4O2S+. The van der Waals surface area contributed by atoms with E-state index in [0.717, 1.165) is 36.8 Å². The second-order valence-corrected chi connectivity index (χ2v) is 7.69. The Kier molecular flexibility index (Phi) is 5.29. The van der Waals surface area contributed by atoms with E-state index in [1.807, 2.05) is 41.6 Å². The highest BCUT2D eigenvalue weighted by Gasteiger charge is 2.26. The number of rotatable bonds is 4. The van der Waals surface area contributed by atoms with Gasteiger partial charge in [-0.2, -0.15) is 0 Å². The number of H-pyrrole nitrogens is 1. The van der Waals surface area contributed by atoms with Gasteiger partial charge in [-0.1, -0.05) is 12.1 Å². The number of anilines is 2. The first kappa shape index (κ1) is 17.9. The fourth-order valence-electron chi connectivity index (χ4n) is 3.57. The van der Waals surface area contributed by atoms with E-state index in [9.17, 15) is 9.59 Å². The highest BCUT2D eigenvalue weighted by molar-refractivity contribution is 8.00. The third-order valence-electron chi connectivity index (χ3n) is 5.06. The van der Waals surface area contributed by atoms with Crippen molar-refractivity contribution in [3.63, 3.8) is 0 Å². The van der Waals surface area contributed by atoms with E-state index in [1.165, 1.54) is 5.69 Å². The van der Waals surface area contributed by atoms with Gasteiger partial charge in [-0.25, -0.2) is 4.98 Å². The molecule has 0 unspecified atom stereocenters. The van der Waals surface area contributed by atoms with Crippen LogP contribution in [0.25, 0.3) is 0 Å². The zero-order valence-corrected chi connectivity index (χ0v) is 16.0. The number of fused-ring (bicyclic) bond motifs is 1. The number of carbonyl (C=O) groups excluding carboxylic acids is 2. The Morgan fingerprint density at radius 3 is 2.56 bits per heavy atom. The molecule has 0 bridgehead atoms. The third-order valence-corrected chi connectivity index (χ3v) is 6.10. The van der Waals surface area contributed by atoms with E-state index in [0.29, 0.717) is 18.7 Å². The molecule has 2 aliphatic rings. The summed E-state index contributed by atoms with van der Waals surface area (Å²) in [4.78, 5) is 35.1. The molecule has 0 atom stereocenters. The molecule has 1 N–H and O–H groups in total. The van der Waals surface area contributed by atoms with Crippen molar-refractivity contribution >= 4 is 35.0 Å². The van der Waals surface area contributed by atoms with Crippen molar-refractivity contribution in [2.75, 3.05) is 48.3 Å². The maximum absolute atomic E-state index is 12.7. The molecule has 140 valence electrons. The third kappa shape index (κ3) is 3.93. The van der Waals surface area contributed by atoms with Crippen molar-refractivity contribution in [2.24, 2.45) is 0 Å². The second kappa shape index (κ2) is 8.00. The van der Waals surface area contributed by atoms with Gasteiger partial charge in [0.05, 0.1) is 11.4 Å². The molecular weight excluding hydrogens is 360 g/mol. The molecule has 1 saturated heterocycles. The maximum Gasteiger partial charge on any atom is 0.237 e. The standard InChI is InChI=1S/C20H22N4O2S/c25-19(23-13-11-22(12-14-23)16-5-8-21-9-6-16)7-10-24-17-3-1-2-4-18(17)27-15-20(24)26/h1-6,8-9H,7,10-15H2/p+1. The Hall–Kier alpha value is -2.54. The number of para-hydroxylation sites is 1. The molecule has 2 aromatic rings. The number of hydrogen-bond acceptors (Lipinski definition) is 4. The van der Waals surface area contributed by atoms with Gasteiger partial charge in [-0.3, -0.25) is 9.59 Å². The van der Waals surface area contributed by atoms with Gasteiger partial charge in [0.15, 0.2) is 12.4 Å². The summed E-state index contributed by atoms with van der Waals surface area (Å²) in [7, 11) is 0. The van der Waals surface area contributed by atoms with Crippen LogP contribution < -0.4 is 14.8 Å². The Bertz CT molecular complexity index is 822. The molecule has 2 aliphatic heterocycles. The summed E-state index contributed by atoms with van der Waals surface area (Å²) in [6.45, 7) is 3.55. The first-order valence-corrected chi connectivity index (χ1v) is 10.2. The monoisotopic (exact) mass is 383 g/mol. The predicted molar refractivity (Wildman–Crippen MR) is 106 cm³/mol. The second-order valence-electron chi connectivity index (χ2n) is 6.68. The number of piperazine rings is 1. The van der Waals surface area contributed by atoms with Crippen LogP contribution in [0.1, 0.15) is 6.42 Å². The molecule has 0 radical (unpaired) electrons. The number of carbonyl (C=O) groups is 2. The van der Waals surface area contributed by atoms with Gasteiger partial charge < -0.3 is 14.7 Å². The number of aromatic nitrogens is 1. The van der Waals surface area contributed by atoms with Crippen LogP contribution in [-0.2, 0) is 9.59 Å². The minimum Gasteiger partial charge on any atom is -0.368 e. The number of pyridine rings is 1. The van der Waals surface area contributed by atoms with Crippen LogP contribution >= 0.6 is 11.8 Å². The quantitative estimate of drug-likeness (QED) is 0.806. The lowest BCUT2D eigenvalue weighted by Crippen LogP contribution is -2.49. The zero-order chi connectivity index (χ0) is 18.6. The predicted octanol–water partition coefficient (Wildman–Crippen LogP) is 1.68. The van der Waals surface area contributed by atoms with Crippen molar-refractivity contribution in [2.45, 2.75) is 11.3 Å². The minimum absolute atomic E-state index is 0.0807. The summed E-state index contributed by atoms with van der Waals surface area (Å²) in [5, 5.41) is 0. The average Bonchev–Trinajstić information content (AvgIpc) is 2.73. The lowest BCUT2D eigenvalue weighted by Gasteiger charge is -2.36. The van der Waals surface area contributed by atoms with Crippen LogP contribution in [0.3, 0.4) is 0 Å². The van der Waals surface area contributed by atoms with E-state index in [4.69, 9.17) is 0 Å². The molecule has 3 heterocycles. The average molecular weight is 383 g/mol. The van der Waals surface area contributed by atoms with Gasteiger partial charge in [0.1, 0.15) is 0 Å². The molecule has 0 aliphatic carbocycles. The van der Waals surface area contributed by atoms with Gasteiger partial charge in [0.2, 0.25) is 11.8 Å². The Labute approximate surface area is 163 Å². The summed E-state index contributed by atoms with van der Waals surface area (Å²) >= 11 is 1.57. The highest BCUT2D eigenvalue weighted by Crippen LogP contribution is 2.34. The summed E-state index contributed by atoms with van der Waals surface area (Å²) in [6.07, 6.45) is 4.20. The Morgan fingerprint density at radius 1 is 1.04 bits per heavy atom. The SMILES string of the molecule is O=C(CCN1C(=O)CSc2ccccc21)N1CCN(c2cc[nH+]cc2)CC1. The lowest BCUT2D eigenvalue weighted by atomic mass is 10.2. The molecule has 1 fully saturated rings. The fourth-order valence-corrected chi connectivity index (χ4v) is 4.50. The van der Waals surface area contributed by atoms with E-state index in [2.05, 4.69) is 22.0 Å². The molecule has 1 aromatic heterocycles. The maximum atomic E-state index is 12.7. The lowest BCUT2D eigenvalue weighted by molar-refractivity contribution is -0.377. The Morgan fingerprint density at radius 2 is 1.78 bits per heavy atom. The zero-order valence-electron chi connectivity index (χ0n) is 15.1. The number of nitrogens with one attached hydrogen (secondary N) is 1. The molecule has 0 spiro atoms. The van der Waals surface area contributed by atoms with Crippen molar-refractivity contribution < 1.29 is 14.6 Å². The highest BCUT2D eigenvalue weighted by atomic mass is 32.2. The number of hydrogen-bond donors (Lipinski definition) is 0. The molecule has 0 saturated carbocycles. The summed E-state index contributed by atoms with van der Waals surface area (Å²) in [5.41, 5.74) is 2.10. The molecule has 2 amide bonds. The van der Waals surface area contributed by atoms with Gasteiger partial charge in [0, 0.05) is 61.9 Å². The first-order valence-electron chi connectivity index (χ1n) is 9.23. The van der Waals surface area contributed by atoms with Gasteiger partial charge in [-0.05, 0) is 12.1 Å². The van der Waals surface area contributed by atoms with E-state index >= 15 is 0 Å². The van der Waals surface area contributed by atoms with E-state index in [-0.39, 0.29) is 11.8 Å². The number of thioether (sulfide) groups is 1. The smallest absolute Gasteiger partial charge is 0.237 e. The molecule has 4 rings (SSSR count). The first-order chi connectivity index (χ1) is 13.2. The van der Waals surface area contributed by atoms with Crippen molar-refractivity contribution in [3.8, 4) is 0 Å². The van der Waals surface area contributed by atoms with Crippen LogP contribution in [0.5, 0.6) is 0 Å². The topological polar surface area (TPSA) is 58.0 Å². The van der Waals surface area contributed by atoms with Crippen LogP contribution in [0, 0.1) is 0 Å². The van der Waals surface area contributed by atoms with Crippen molar-refractivity contribution in [1.29, 1.82) is 0 Å². The fraction of sp³-hybridized carbons (Fsp3) is 0.350. The normalized spacial score (nSPS) is 17.0. The summed E-state index contributed by atoms with van der Waals surface area (Å²) in [6, 6.07) is 12.0. The summed E-state index contributed by atoms with van der Waals surface area (Å²) in [5.74, 6) is 0.648. The molecule has 6 nitrogen and oxygen atoms in total. The van der Waals surface area contributed by atoms with Crippen LogP contribution in [0.2, 0.25) is 0 Å². The number of nitrogens with zero attached hydrogens (tertiary/aromatic N) is 3. The number of benzene rings is 1. The molecule has 7 heteroatoms. The van der Waals surface area contributed by atoms with E-state index in [1.54, 1.807) is 16.7 Å². The van der Waals surface area contributed by atoms with Crippen molar-refractivity contribution in [3.05, 3.63) is 48.8 Å².